The van der Waals surface area contributed by atoms with Crippen molar-refractivity contribution >= 4 is 19.8 Å². The molecule has 0 aromatic heterocycles. The molecule has 0 aromatic rings. The maximum atomic E-state index is 12.9. The van der Waals surface area contributed by atoms with Crippen LogP contribution in [0.4, 0.5) is 0 Å². The molecule has 0 saturated heterocycles. The van der Waals surface area contributed by atoms with Crippen molar-refractivity contribution in [3.8, 4) is 0 Å². The SMILES string of the molecule is CC/C=C\C/C=C\C/C=C\C/C=C\C/C=C\C/C=C\C/C=C\C/C=C\C/C=C\C/C=C\C/C=C\CCCCCCCCCC(=O)OC(COC(=O)CCCCCCCCCCCC/C=C\C/C=C\C/C=C\C/C=C\CC)COP(=O)([O-])OCC[N+](C)(C)C. The molecule has 0 N–H and O–H groups in total. The van der Waals surface area contributed by atoms with Gasteiger partial charge in [-0.25, -0.2) is 0 Å². The third-order valence-corrected chi connectivity index (χ3v) is 14.9. The van der Waals surface area contributed by atoms with E-state index >= 15 is 0 Å². The second-order valence-corrected chi connectivity index (χ2v) is 24.8. The van der Waals surface area contributed by atoms with Crippen molar-refractivity contribution in [1.82, 2.24) is 0 Å². The number of ether oxygens (including phenoxy) is 2. The van der Waals surface area contributed by atoms with Gasteiger partial charge < -0.3 is 27.9 Å². The summed E-state index contributed by atoms with van der Waals surface area (Å²) in [7, 11) is 1.13. The summed E-state index contributed by atoms with van der Waals surface area (Å²) < 4.78 is 34.3. The molecular weight excluding hydrogens is 1110 g/mol. The van der Waals surface area contributed by atoms with Gasteiger partial charge in [-0.15, -0.1) is 0 Å². The van der Waals surface area contributed by atoms with Crippen LogP contribution in [0.15, 0.2) is 182 Å². The van der Waals surface area contributed by atoms with Crippen LogP contribution in [0.3, 0.4) is 0 Å². The lowest BCUT2D eigenvalue weighted by Crippen LogP contribution is -2.37. The Morgan fingerprint density at radius 3 is 0.909 bits per heavy atom. The lowest BCUT2D eigenvalue weighted by atomic mass is 10.1. The van der Waals surface area contributed by atoms with Gasteiger partial charge in [0.05, 0.1) is 27.7 Å². The van der Waals surface area contributed by atoms with Crippen LogP contribution in [0.25, 0.3) is 0 Å². The van der Waals surface area contributed by atoms with E-state index in [0.717, 1.165) is 154 Å². The highest BCUT2D eigenvalue weighted by Crippen LogP contribution is 2.38. The molecule has 0 heterocycles. The van der Waals surface area contributed by atoms with Crippen LogP contribution in [-0.2, 0) is 32.7 Å². The van der Waals surface area contributed by atoms with Gasteiger partial charge in [-0.05, 0) is 135 Å². The number of hydrogen-bond donors (Lipinski definition) is 0. The Labute approximate surface area is 540 Å². The number of unbranched alkanes of at least 4 members (excludes halogenated alkanes) is 17. The van der Waals surface area contributed by atoms with Crippen molar-refractivity contribution in [2.45, 2.75) is 251 Å². The zero-order chi connectivity index (χ0) is 64.1. The van der Waals surface area contributed by atoms with Crippen LogP contribution in [-0.4, -0.2) is 70.0 Å². The van der Waals surface area contributed by atoms with Crippen LogP contribution in [0.5, 0.6) is 0 Å². The first-order valence-electron chi connectivity index (χ1n) is 34.5. The molecule has 0 rings (SSSR count). The normalized spacial score (nSPS) is 14.3. The molecule has 0 aliphatic heterocycles. The minimum atomic E-state index is -4.66. The third kappa shape index (κ3) is 70.2. The maximum Gasteiger partial charge on any atom is 0.306 e. The molecule has 0 aliphatic rings. The molecule has 496 valence electrons. The molecule has 10 heteroatoms. The van der Waals surface area contributed by atoms with Gasteiger partial charge in [-0.2, -0.15) is 0 Å². The van der Waals surface area contributed by atoms with Gasteiger partial charge in [0, 0.05) is 12.8 Å². The monoisotopic (exact) mass is 1240 g/mol. The summed E-state index contributed by atoms with van der Waals surface area (Å²) in [4.78, 5) is 38.0. The average Bonchev–Trinajstić information content (AvgIpc) is 3.58. The number of phosphoric ester groups is 1. The fourth-order valence-electron chi connectivity index (χ4n) is 8.71. The van der Waals surface area contributed by atoms with Gasteiger partial charge in [0.15, 0.2) is 6.10 Å². The Morgan fingerprint density at radius 2 is 0.614 bits per heavy atom. The summed E-state index contributed by atoms with van der Waals surface area (Å²) in [5.41, 5.74) is 0. The Kier molecular flexibility index (Phi) is 62.8. The zero-order valence-electron chi connectivity index (χ0n) is 56.3. The van der Waals surface area contributed by atoms with Crippen LogP contribution in [0.1, 0.15) is 245 Å². The first kappa shape index (κ1) is 83.1. The number of likely N-dealkylation sites (N-methyl/N-ethyl adjacent to an activating group) is 1. The van der Waals surface area contributed by atoms with Crippen molar-refractivity contribution in [1.29, 1.82) is 0 Å². The number of esters is 2. The molecular formula is C78H126NO8P. The highest BCUT2D eigenvalue weighted by molar-refractivity contribution is 7.45. The van der Waals surface area contributed by atoms with Gasteiger partial charge >= 0.3 is 11.9 Å². The predicted octanol–water partition coefficient (Wildman–Crippen LogP) is 22.1. The van der Waals surface area contributed by atoms with Crippen LogP contribution >= 0.6 is 7.82 Å². The summed E-state index contributed by atoms with van der Waals surface area (Å²) in [6.45, 7) is 3.98. The average molecular weight is 1240 g/mol. The molecule has 0 saturated carbocycles. The van der Waals surface area contributed by atoms with Crippen molar-refractivity contribution in [2.75, 3.05) is 47.5 Å². The van der Waals surface area contributed by atoms with Gasteiger partial charge in [0.1, 0.15) is 19.8 Å². The molecule has 2 unspecified atom stereocenters. The van der Waals surface area contributed by atoms with Crippen molar-refractivity contribution in [2.24, 2.45) is 0 Å². The molecule has 88 heavy (non-hydrogen) atoms. The lowest BCUT2D eigenvalue weighted by Gasteiger charge is -2.28. The number of carbonyl (C=O) groups is 2. The maximum absolute atomic E-state index is 12.9. The second kappa shape index (κ2) is 66.5. The summed E-state index contributed by atoms with van der Waals surface area (Å²) in [5.74, 6) is -0.862. The zero-order valence-corrected chi connectivity index (χ0v) is 57.2. The number of rotatable bonds is 61. The molecule has 0 bridgehead atoms. The largest absolute Gasteiger partial charge is 0.756 e. The number of quaternary nitrogens is 1. The smallest absolute Gasteiger partial charge is 0.306 e. The summed E-state index contributed by atoms with van der Waals surface area (Å²) >= 11 is 0. The van der Waals surface area contributed by atoms with E-state index in [2.05, 4.69) is 196 Å². The molecule has 0 fully saturated rings. The van der Waals surface area contributed by atoms with E-state index in [1.54, 1.807) is 0 Å². The highest BCUT2D eigenvalue weighted by atomic mass is 31.2. The highest BCUT2D eigenvalue weighted by Gasteiger charge is 2.22. The molecule has 0 spiro atoms. The number of nitrogens with zero attached hydrogens (tertiary/aromatic N) is 1. The predicted molar refractivity (Wildman–Crippen MR) is 378 cm³/mol. The van der Waals surface area contributed by atoms with Crippen molar-refractivity contribution in [3.05, 3.63) is 182 Å². The summed E-state index contributed by atoms with van der Waals surface area (Å²) in [6, 6.07) is 0. The standard InChI is InChI=1S/C78H126NO8P/c1-6-8-10-12-14-16-18-20-22-24-26-28-30-31-32-33-34-35-36-37-38-39-40-41-42-43-44-45-46-47-49-51-53-55-57-59-61-63-65-67-69-71-78(81)87-76(75-86-88(82,83)85-73-72-79(3,4)5)74-84-77(80)70-68-66-64-62-60-58-56-54-52-50-48-29-27-25-23-21-19-17-15-13-11-9-7-2/h8-11,14-17,20-23,26-29,31-32,34-35,37-38,40-41,43-44,46-47,51,53,76H,6-7,12-13,18-19,24-25,30,33,36,39,42,45,48-50,52,54-75H2,1-5H3/b10-8-,11-9-,16-14-,17-15-,22-20-,23-21-,28-26-,29-27-,32-31-,35-34-,38-37-,41-40-,44-43-,47-46-,53-51-. The Hall–Kier alpha value is -4.89. The number of phosphoric acid groups is 1. The number of carbonyl (C=O) groups excluding carboxylic acids is 2. The summed E-state index contributed by atoms with van der Waals surface area (Å²) in [5, 5.41) is 0. The van der Waals surface area contributed by atoms with E-state index in [9.17, 15) is 19.0 Å². The molecule has 0 aromatic carbocycles. The molecule has 2 atom stereocenters. The molecule has 0 radical (unpaired) electrons. The van der Waals surface area contributed by atoms with Gasteiger partial charge in [-0.1, -0.05) is 280 Å². The first-order chi connectivity index (χ1) is 43.0. The van der Waals surface area contributed by atoms with E-state index in [1.807, 2.05) is 21.1 Å². The lowest BCUT2D eigenvalue weighted by molar-refractivity contribution is -0.870. The van der Waals surface area contributed by atoms with E-state index < -0.39 is 32.5 Å². The van der Waals surface area contributed by atoms with Crippen LogP contribution < -0.4 is 4.89 Å². The molecule has 0 aliphatic carbocycles. The fraction of sp³-hybridized carbons (Fsp3) is 0.590. The first-order valence-corrected chi connectivity index (χ1v) is 36.0. The Morgan fingerprint density at radius 1 is 0.352 bits per heavy atom. The third-order valence-electron chi connectivity index (χ3n) is 13.9. The van der Waals surface area contributed by atoms with Crippen molar-refractivity contribution in [3.63, 3.8) is 0 Å². The van der Waals surface area contributed by atoms with Gasteiger partial charge in [0.25, 0.3) is 7.82 Å². The number of allylic oxidation sites excluding steroid dienone is 30. The molecule has 9 nitrogen and oxygen atoms in total. The number of hydrogen-bond acceptors (Lipinski definition) is 8. The van der Waals surface area contributed by atoms with E-state index in [4.69, 9.17) is 18.5 Å². The topological polar surface area (TPSA) is 111 Å². The van der Waals surface area contributed by atoms with E-state index in [1.165, 1.54) is 51.4 Å². The van der Waals surface area contributed by atoms with Gasteiger partial charge in [-0.3, -0.25) is 14.2 Å². The van der Waals surface area contributed by atoms with E-state index in [-0.39, 0.29) is 26.1 Å². The van der Waals surface area contributed by atoms with E-state index in [0.29, 0.717) is 23.9 Å². The quantitative estimate of drug-likeness (QED) is 0.0195. The summed E-state index contributed by atoms with van der Waals surface area (Å²) in [6.07, 6.45) is 102. The minimum Gasteiger partial charge on any atom is -0.756 e. The van der Waals surface area contributed by atoms with Crippen LogP contribution in [0.2, 0.25) is 0 Å². The van der Waals surface area contributed by atoms with Gasteiger partial charge in [0.2, 0.25) is 0 Å². The molecule has 0 amide bonds. The fourth-order valence-corrected chi connectivity index (χ4v) is 9.44. The second-order valence-electron chi connectivity index (χ2n) is 23.4. The van der Waals surface area contributed by atoms with Crippen LogP contribution in [0, 0.1) is 0 Å². The minimum absolute atomic E-state index is 0.0434. The van der Waals surface area contributed by atoms with Crippen molar-refractivity contribution < 1.29 is 42.1 Å². The Balaban J connectivity index is 4.16. The Bertz CT molecular complexity index is 2140.